The smallest absolute Gasteiger partial charge is 0.308 e. The van der Waals surface area contributed by atoms with Gasteiger partial charge in [0.05, 0.1) is 17.9 Å². The lowest BCUT2D eigenvalue weighted by Gasteiger charge is -2.21. The molecule has 0 fully saturated rings. The minimum absolute atomic E-state index is 0.284. The molecule has 0 amide bonds. The Kier molecular flexibility index (Phi) is 2.24. The van der Waals surface area contributed by atoms with Crippen molar-refractivity contribution in [2.75, 3.05) is 0 Å². The number of nitrogens with one attached hydrogen (secondary N) is 1. The predicted octanol–water partition coefficient (Wildman–Crippen LogP) is 1.53. The first kappa shape index (κ1) is 10.1. The molecule has 0 saturated carbocycles. The molecule has 1 unspecified atom stereocenters. The number of carboxylic acid groups (broad SMARTS) is 1. The number of fused-ring (bicyclic) bond motifs is 1. The monoisotopic (exact) mass is 231 g/mol. The SMILES string of the molecule is O=C(O)C1CCc2c(-c3ccc[nH]3)ncn2C1. The number of H-pyrrole nitrogens is 1. The van der Waals surface area contributed by atoms with Crippen LogP contribution in [0.25, 0.3) is 11.4 Å². The number of imidazole rings is 1. The van der Waals surface area contributed by atoms with E-state index in [4.69, 9.17) is 5.11 Å². The molecule has 0 aliphatic carbocycles. The standard InChI is InChI=1S/C12H13N3O2/c16-12(17)8-3-4-10-11(9-2-1-5-13-9)14-7-15(10)6-8/h1-2,5,7-8,13H,3-4,6H2,(H,16,17). The van der Waals surface area contributed by atoms with Gasteiger partial charge in [0.25, 0.3) is 0 Å². The molecule has 88 valence electrons. The van der Waals surface area contributed by atoms with Gasteiger partial charge in [-0.25, -0.2) is 4.98 Å². The molecule has 1 aliphatic heterocycles. The Morgan fingerprint density at radius 2 is 2.47 bits per heavy atom. The fourth-order valence-corrected chi connectivity index (χ4v) is 2.37. The number of hydrogen-bond acceptors (Lipinski definition) is 2. The van der Waals surface area contributed by atoms with Crippen LogP contribution in [-0.4, -0.2) is 25.6 Å². The summed E-state index contributed by atoms with van der Waals surface area (Å²) >= 11 is 0. The molecule has 2 N–H and O–H groups in total. The molecule has 5 nitrogen and oxygen atoms in total. The van der Waals surface area contributed by atoms with Gasteiger partial charge in [-0.05, 0) is 25.0 Å². The normalized spacial score (nSPS) is 18.9. The Hall–Kier alpha value is -2.04. The van der Waals surface area contributed by atoms with Crippen LogP contribution in [0.15, 0.2) is 24.7 Å². The third-order valence-electron chi connectivity index (χ3n) is 3.30. The van der Waals surface area contributed by atoms with Gasteiger partial charge in [0.2, 0.25) is 0 Å². The van der Waals surface area contributed by atoms with E-state index in [0.717, 1.165) is 23.5 Å². The largest absolute Gasteiger partial charge is 0.481 e. The van der Waals surface area contributed by atoms with Gasteiger partial charge in [0.15, 0.2) is 0 Å². The van der Waals surface area contributed by atoms with E-state index >= 15 is 0 Å². The molecule has 0 spiro atoms. The second kappa shape index (κ2) is 3.76. The van der Waals surface area contributed by atoms with Gasteiger partial charge in [-0.1, -0.05) is 0 Å². The molecule has 3 heterocycles. The highest BCUT2D eigenvalue weighted by molar-refractivity contribution is 5.70. The summed E-state index contributed by atoms with van der Waals surface area (Å²) in [5.74, 6) is -1.00. The third kappa shape index (κ3) is 1.63. The van der Waals surface area contributed by atoms with E-state index in [2.05, 4.69) is 9.97 Å². The van der Waals surface area contributed by atoms with Gasteiger partial charge >= 0.3 is 5.97 Å². The molecule has 0 saturated heterocycles. The molecule has 2 aromatic heterocycles. The minimum Gasteiger partial charge on any atom is -0.481 e. The van der Waals surface area contributed by atoms with Gasteiger partial charge in [-0.15, -0.1) is 0 Å². The van der Waals surface area contributed by atoms with Crippen molar-refractivity contribution in [3.05, 3.63) is 30.4 Å². The van der Waals surface area contributed by atoms with Crippen molar-refractivity contribution in [1.82, 2.24) is 14.5 Å². The van der Waals surface area contributed by atoms with Crippen LogP contribution in [0.5, 0.6) is 0 Å². The Morgan fingerprint density at radius 3 is 3.18 bits per heavy atom. The van der Waals surface area contributed by atoms with Crippen molar-refractivity contribution in [2.24, 2.45) is 5.92 Å². The summed E-state index contributed by atoms with van der Waals surface area (Å²) < 4.78 is 1.96. The van der Waals surface area contributed by atoms with Crippen LogP contribution in [0.2, 0.25) is 0 Å². The van der Waals surface area contributed by atoms with E-state index in [0.29, 0.717) is 13.0 Å². The number of hydrogen-bond donors (Lipinski definition) is 2. The average molecular weight is 231 g/mol. The number of rotatable bonds is 2. The summed E-state index contributed by atoms with van der Waals surface area (Å²) in [6.45, 7) is 0.526. The van der Waals surface area contributed by atoms with Crippen LogP contribution < -0.4 is 0 Å². The Balaban J connectivity index is 1.95. The maximum absolute atomic E-state index is 11.0. The van der Waals surface area contributed by atoms with E-state index in [1.807, 2.05) is 22.9 Å². The second-order valence-electron chi connectivity index (χ2n) is 4.35. The molecule has 17 heavy (non-hydrogen) atoms. The molecular weight excluding hydrogens is 218 g/mol. The highest BCUT2D eigenvalue weighted by Crippen LogP contribution is 2.27. The zero-order valence-electron chi connectivity index (χ0n) is 9.26. The number of aromatic nitrogens is 3. The highest BCUT2D eigenvalue weighted by Gasteiger charge is 2.26. The summed E-state index contributed by atoms with van der Waals surface area (Å²) in [7, 11) is 0. The maximum atomic E-state index is 11.0. The van der Waals surface area contributed by atoms with E-state index < -0.39 is 5.97 Å². The van der Waals surface area contributed by atoms with Crippen molar-refractivity contribution in [3.63, 3.8) is 0 Å². The first-order valence-electron chi connectivity index (χ1n) is 5.66. The zero-order valence-corrected chi connectivity index (χ0v) is 9.26. The topological polar surface area (TPSA) is 70.9 Å². The Bertz CT molecular complexity index is 542. The Labute approximate surface area is 98.1 Å². The summed E-state index contributed by atoms with van der Waals surface area (Å²) in [6, 6.07) is 3.91. The predicted molar refractivity (Wildman–Crippen MR) is 61.5 cm³/mol. The number of nitrogens with zero attached hydrogens (tertiary/aromatic N) is 2. The highest BCUT2D eigenvalue weighted by atomic mass is 16.4. The first-order valence-corrected chi connectivity index (χ1v) is 5.66. The van der Waals surface area contributed by atoms with Crippen LogP contribution in [-0.2, 0) is 17.8 Å². The summed E-state index contributed by atoms with van der Waals surface area (Å²) in [4.78, 5) is 18.5. The molecule has 1 atom stereocenters. The molecule has 3 rings (SSSR count). The Morgan fingerprint density at radius 1 is 1.59 bits per heavy atom. The van der Waals surface area contributed by atoms with E-state index in [-0.39, 0.29) is 5.92 Å². The van der Waals surface area contributed by atoms with Crippen molar-refractivity contribution < 1.29 is 9.90 Å². The quantitative estimate of drug-likeness (QED) is 0.823. The van der Waals surface area contributed by atoms with E-state index in [1.165, 1.54) is 0 Å². The summed E-state index contributed by atoms with van der Waals surface area (Å²) in [5.41, 5.74) is 3.07. The number of aromatic amines is 1. The molecule has 0 radical (unpaired) electrons. The van der Waals surface area contributed by atoms with Crippen molar-refractivity contribution in [3.8, 4) is 11.4 Å². The summed E-state index contributed by atoms with van der Waals surface area (Å²) in [6.07, 6.45) is 5.06. The van der Waals surface area contributed by atoms with Crippen LogP contribution in [0.4, 0.5) is 0 Å². The van der Waals surface area contributed by atoms with Gasteiger partial charge in [0.1, 0.15) is 5.69 Å². The minimum atomic E-state index is -0.717. The second-order valence-corrected chi connectivity index (χ2v) is 4.35. The molecular formula is C12H13N3O2. The van der Waals surface area contributed by atoms with Gasteiger partial charge in [-0.2, -0.15) is 0 Å². The molecule has 1 aliphatic rings. The maximum Gasteiger partial charge on any atom is 0.308 e. The molecule has 2 aromatic rings. The van der Waals surface area contributed by atoms with Gasteiger partial charge in [0, 0.05) is 18.4 Å². The third-order valence-corrected chi connectivity index (χ3v) is 3.30. The van der Waals surface area contributed by atoms with Crippen LogP contribution in [0.1, 0.15) is 12.1 Å². The number of carbonyl (C=O) groups is 1. The number of aliphatic carboxylic acids is 1. The molecule has 5 heteroatoms. The van der Waals surface area contributed by atoms with Crippen LogP contribution >= 0.6 is 0 Å². The zero-order chi connectivity index (χ0) is 11.8. The lowest BCUT2D eigenvalue weighted by Crippen LogP contribution is -2.26. The van der Waals surface area contributed by atoms with Crippen molar-refractivity contribution in [2.45, 2.75) is 19.4 Å². The fourth-order valence-electron chi connectivity index (χ4n) is 2.37. The average Bonchev–Trinajstić information content (AvgIpc) is 2.96. The number of carboxylic acids is 1. The lowest BCUT2D eigenvalue weighted by atomic mass is 9.97. The fraction of sp³-hybridized carbons (Fsp3) is 0.333. The van der Waals surface area contributed by atoms with Gasteiger partial charge < -0.3 is 14.7 Å². The van der Waals surface area contributed by atoms with Gasteiger partial charge in [-0.3, -0.25) is 4.79 Å². The van der Waals surface area contributed by atoms with Crippen molar-refractivity contribution >= 4 is 5.97 Å². The van der Waals surface area contributed by atoms with Crippen LogP contribution in [0, 0.1) is 5.92 Å². The lowest BCUT2D eigenvalue weighted by molar-refractivity contribution is -0.142. The van der Waals surface area contributed by atoms with Crippen molar-refractivity contribution in [1.29, 1.82) is 0 Å². The van der Waals surface area contributed by atoms with E-state index in [9.17, 15) is 4.79 Å². The van der Waals surface area contributed by atoms with E-state index in [1.54, 1.807) is 6.33 Å². The molecule has 0 aromatic carbocycles. The summed E-state index contributed by atoms with van der Waals surface area (Å²) in [5, 5.41) is 9.01. The van der Waals surface area contributed by atoms with Crippen LogP contribution in [0.3, 0.4) is 0 Å². The molecule has 0 bridgehead atoms. The first-order chi connectivity index (χ1) is 8.25.